The Hall–Kier alpha value is -3.26. The molecular weight excluding hydrogens is 389 g/mol. The fraction of sp³-hybridized carbons (Fsp3) is 0.318. The summed E-state index contributed by atoms with van der Waals surface area (Å²) in [4.78, 5) is 30.6. The van der Waals surface area contributed by atoms with E-state index in [4.69, 9.17) is 9.57 Å². The maximum Gasteiger partial charge on any atom is 0.265 e. The highest BCUT2D eigenvalue weighted by Crippen LogP contribution is 2.18. The first-order valence-electron chi connectivity index (χ1n) is 9.66. The van der Waals surface area contributed by atoms with E-state index in [1.54, 1.807) is 19.2 Å². The van der Waals surface area contributed by atoms with Crippen molar-refractivity contribution in [1.82, 2.24) is 10.6 Å². The summed E-state index contributed by atoms with van der Waals surface area (Å²) in [6.07, 6.45) is -0.359. The third-order valence-electron chi connectivity index (χ3n) is 4.64. The fourth-order valence-corrected chi connectivity index (χ4v) is 3.08. The lowest BCUT2D eigenvalue weighted by molar-refractivity contribution is -0.135. The average Bonchev–Trinajstić information content (AvgIpc) is 3.25. The summed E-state index contributed by atoms with van der Waals surface area (Å²) in [6.45, 7) is 0.706. The summed E-state index contributed by atoms with van der Waals surface area (Å²) in [5, 5.41) is 9.42. The summed E-state index contributed by atoms with van der Waals surface area (Å²) >= 11 is 0. The summed E-state index contributed by atoms with van der Waals surface area (Å²) < 4.78 is 18.4. The number of ether oxygens (including phenoxy) is 1. The van der Waals surface area contributed by atoms with Gasteiger partial charge in [0.25, 0.3) is 5.91 Å². The van der Waals surface area contributed by atoms with E-state index >= 15 is 0 Å². The number of carbonyl (C=O) groups is 2. The predicted molar refractivity (Wildman–Crippen MR) is 109 cm³/mol. The number of carbonyl (C=O) groups excluding carboxylic acids is 2. The quantitative estimate of drug-likeness (QED) is 0.614. The van der Waals surface area contributed by atoms with Gasteiger partial charge < -0.3 is 20.2 Å². The van der Waals surface area contributed by atoms with Crippen LogP contribution in [0.4, 0.5) is 4.39 Å². The summed E-state index contributed by atoms with van der Waals surface area (Å²) in [6, 6.07) is 14.6. The van der Waals surface area contributed by atoms with E-state index in [1.165, 1.54) is 12.1 Å². The van der Waals surface area contributed by atoms with Crippen molar-refractivity contribution >= 4 is 17.5 Å². The van der Waals surface area contributed by atoms with Gasteiger partial charge in [0.1, 0.15) is 11.9 Å². The SMILES string of the molecule is COCCNC(=O)C(Cc1ccccc1)NC(=O)C1CC(c2cccc(F)c2)=NO1. The Balaban J connectivity index is 1.63. The molecule has 0 radical (unpaired) electrons. The molecule has 0 saturated heterocycles. The predicted octanol–water partition coefficient (Wildman–Crippen LogP) is 1.81. The number of nitrogens with one attached hydrogen (secondary N) is 2. The van der Waals surface area contributed by atoms with E-state index in [0.717, 1.165) is 5.56 Å². The number of hydrogen-bond acceptors (Lipinski definition) is 5. The van der Waals surface area contributed by atoms with Crippen LogP contribution in [0.25, 0.3) is 0 Å². The van der Waals surface area contributed by atoms with Gasteiger partial charge in [0.05, 0.1) is 12.3 Å². The van der Waals surface area contributed by atoms with Gasteiger partial charge in [-0.1, -0.05) is 47.6 Å². The van der Waals surface area contributed by atoms with Crippen molar-refractivity contribution in [3.05, 3.63) is 71.5 Å². The number of hydrogen-bond donors (Lipinski definition) is 2. The van der Waals surface area contributed by atoms with Crippen molar-refractivity contribution in [2.24, 2.45) is 5.16 Å². The van der Waals surface area contributed by atoms with Gasteiger partial charge in [-0.25, -0.2) is 4.39 Å². The number of oxime groups is 1. The highest BCUT2D eigenvalue weighted by molar-refractivity contribution is 6.04. The topological polar surface area (TPSA) is 89.0 Å². The molecule has 0 aromatic heterocycles. The van der Waals surface area contributed by atoms with Gasteiger partial charge >= 0.3 is 0 Å². The molecule has 1 aliphatic heterocycles. The molecule has 0 fully saturated rings. The zero-order valence-electron chi connectivity index (χ0n) is 16.6. The zero-order chi connectivity index (χ0) is 21.3. The molecule has 8 heteroatoms. The molecule has 1 aliphatic rings. The van der Waals surface area contributed by atoms with Crippen molar-refractivity contribution in [3.63, 3.8) is 0 Å². The highest BCUT2D eigenvalue weighted by atomic mass is 19.1. The smallest absolute Gasteiger partial charge is 0.265 e. The average molecular weight is 413 g/mol. The Morgan fingerprint density at radius 1 is 1.23 bits per heavy atom. The third-order valence-corrected chi connectivity index (χ3v) is 4.64. The van der Waals surface area contributed by atoms with Crippen molar-refractivity contribution in [3.8, 4) is 0 Å². The molecule has 0 spiro atoms. The molecule has 2 unspecified atom stereocenters. The van der Waals surface area contributed by atoms with Gasteiger partial charge in [-0.2, -0.15) is 0 Å². The molecule has 2 aromatic carbocycles. The van der Waals surface area contributed by atoms with Crippen molar-refractivity contribution in [2.45, 2.75) is 25.0 Å². The first kappa shape index (κ1) is 21.4. The van der Waals surface area contributed by atoms with E-state index in [9.17, 15) is 14.0 Å². The molecule has 2 aromatic rings. The van der Waals surface area contributed by atoms with E-state index in [-0.39, 0.29) is 12.3 Å². The Labute approximate surface area is 174 Å². The van der Waals surface area contributed by atoms with E-state index in [0.29, 0.717) is 30.8 Å². The maximum absolute atomic E-state index is 13.4. The lowest BCUT2D eigenvalue weighted by atomic mass is 10.0. The van der Waals surface area contributed by atoms with Gasteiger partial charge in [-0.15, -0.1) is 0 Å². The molecule has 1 heterocycles. The lowest BCUT2D eigenvalue weighted by Gasteiger charge is -2.20. The summed E-state index contributed by atoms with van der Waals surface area (Å²) in [7, 11) is 1.54. The van der Waals surface area contributed by atoms with Gasteiger partial charge in [0, 0.05) is 32.1 Å². The lowest BCUT2D eigenvalue weighted by Crippen LogP contribution is -2.51. The monoisotopic (exact) mass is 413 g/mol. The second-order valence-corrected chi connectivity index (χ2v) is 6.88. The maximum atomic E-state index is 13.4. The minimum absolute atomic E-state index is 0.193. The molecule has 3 rings (SSSR count). The number of rotatable bonds is 9. The second-order valence-electron chi connectivity index (χ2n) is 6.88. The van der Waals surface area contributed by atoms with Crippen LogP contribution in [-0.4, -0.2) is 49.9 Å². The van der Waals surface area contributed by atoms with Crippen molar-refractivity contribution < 1.29 is 23.6 Å². The minimum atomic E-state index is -0.881. The third kappa shape index (κ3) is 5.87. The van der Waals surface area contributed by atoms with Crippen LogP contribution in [-0.2, 0) is 25.6 Å². The van der Waals surface area contributed by atoms with E-state index in [2.05, 4.69) is 15.8 Å². The van der Waals surface area contributed by atoms with Crippen LogP contribution in [0, 0.1) is 5.82 Å². The van der Waals surface area contributed by atoms with Crippen LogP contribution in [0.5, 0.6) is 0 Å². The van der Waals surface area contributed by atoms with Crippen LogP contribution in [0.2, 0.25) is 0 Å². The molecule has 0 aliphatic carbocycles. The number of methoxy groups -OCH3 is 1. The fourth-order valence-electron chi connectivity index (χ4n) is 3.08. The molecule has 30 heavy (non-hydrogen) atoms. The first-order chi connectivity index (χ1) is 14.6. The van der Waals surface area contributed by atoms with Crippen LogP contribution >= 0.6 is 0 Å². The number of halogens is 1. The van der Waals surface area contributed by atoms with Gasteiger partial charge in [-0.3, -0.25) is 9.59 Å². The number of benzene rings is 2. The standard InChI is InChI=1S/C22H24FN3O4/c1-29-11-10-24-21(27)19(12-15-6-3-2-4-7-15)25-22(28)20-14-18(26-30-20)16-8-5-9-17(23)13-16/h2-9,13,19-20H,10-12,14H2,1H3,(H,24,27)(H,25,28). The zero-order valence-corrected chi connectivity index (χ0v) is 16.6. The normalized spacial score (nSPS) is 16.3. The minimum Gasteiger partial charge on any atom is -0.383 e. The Morgan fingerprint density at radius 2 is 2.03 bits per heavy atom. The largest absolute Gasteiger partial charge is 0.383 e. The molecule has 2 atom stereocenters. The van der Waals surface area contributed by atoms with Gasteiger partial charge in [-0.05, 0) is 17.7 Å². The van der Waals surface area contributed by atoms with E-state index < -0.39 is 23.9 Å². The molecule has 158 valence electrons. The second kappa shape index (κ2) is 10.5. The Bertz CT molecular complexity index is 904. The summed E-state index contributed by atoms with van der Waals surface area (Å²) in [5.74, 6) is -1.15. The van der Waals surface area contributed by atoms with Gasteiger partial charge in [0.15, 0.2) is 0 Å². The van der Waals surface area contributed by atoms with Crippen molar-refractivity contribution in [2.75, 3.05) is 20.3 Å². The van der Waals surface area contributed by atoms with E-state index in [1.807, 2.05) is 30.3 Å². The molecule has 0 saturated carbocycles. The van der Waals surface area contributed by atoms with Crippen LogP contribution in [0.3, 0.4) is 0 Å². The Morgan fingerprint density at radius 3 is 2.77 bits per heavy atom. The molecular formula is C22H24FN3O4. The molecule has 7 nitrogen and oxygen atoms in total. The van der Waals surface area contributed by atoms with Crippen molar-refractivity contribution in [1.29, 1.82) is 0 Å². The Kier molecular flexibility index (Phi) is 7.51. The molecule has 2 N–H and O–H groups in total. The first-order valence-corrected chi connectivity index (χ1v) is 9.66. The van der Waals surface area contributed by atoms with Crippen LogP contribution < -0.4 is 10.6 Å². The van der Waals surface area contributed by atoms with Crippen LogP contribution in [0.1, 0.15) is 17.5 Å². The highest BCUT2D eigenvalue weighted by Gasteiger charge is 2.32. The molecule has 0 bridgehead atoms. The van der Waals surface area contributed by atoms with Gasteiger partial charge in [0.2, 0.25) is 12.0 Å². The summed E-state index contributed by atoms with van der Waals surface area (Å²) in [5.41, 5.74) is 1.95. The molecule has 2 amide bonds. The van der Waals surface area contributed by atoms with Crippen LogP contribution in [0.15, 0.2) is 59.8 Å². The number of nitrogens with zero attached hydrogens (tertiary/aromatic N) is 1. The number of amides is 2.